The Labute approximate surface area is 161 Å². The molecule has 0 bridgehead atoms. The Kier molecular flexibility index (Phi) is 5.36. The highest BCUT2D eigenvalue weighted by molar-refractivity contribution is 6.00. The van der Waals surface area contributed by atoms with Crippen LogP contribution in [-0.4, -0.2) is 45.7 Å². The van der Waals surface area contributed by atoms with E-state index in [4.69, 9.17) is 10.5 Å². The third kappa shape index (κ3) is 4.05. The molecular formula is C19H21N7O2. The van der Waals surface area contributed by atoms with Crippen LogP contribution >= 0.6 is 0 Å². The fourth-order valence-corrected chi connectivity index (χ4v) is 3.09. The molecule has 1 aromatic carbocycles. The summed E-state index contributed by atoms with van der Waals surface area (Å²) in [4.78, 5) is 28.7. The molecule has 3 heterocycles. The van der Waals surface area contributed by atoms with Crippen molar-refractivity contribution in [1.29, 1.82) is 0 Å². The predicted octanol–water partition coefficient (Wildman–Crippen LogP) is 0.914. The van der Waals surface area contributed by atoms with Gasteiger partial charge in [-0.1, -0.05) is 18.2 Å². The highest BCUT2D eigenvalue weighted by atomic mass is 16.5. The van der Waals surface area contributed by atoms with Crippen molar-refractivity contribution in [3.8, 4) is 0 Å². The first-order chi connectivity index (χ1) is 13.7. The lowest BCUT2D eigenvalue weighted by molar-refractivity contribution is 0.0811. The number of benzene rings is 1. The molecule has 1 fully saturated rings. The number of nitrogens with zero attached hydrogens (tertiary/aromatic N) is 4. The number of fused-ring (bicyclic) bond motifs is 3. The lowest BCUT2D eigenvalue weighted by Crippen LogP contribution is -2.32. The third-order valence-corrected chi connectivity index (χ3v) is 4.57. The third-order valence-electron chi connectivity index (χ3n) is 4.57. The minimum Gasteiger partial charge on any atom is -0.387 e. The van der Waals surface area contributed by atoms with Crippen LogP contribution in [0.5, 0.6) is 0 Å². The average molecular weight is 379 g/mol. The lowest BCUT2D eigenvalue weighted by Gasteiger charge is -2.22. The molecule has 28 heavy (non-hydrogen) atoms. The van der Waals surface area contributed by atoms with Crippen molar-refractivity contribution in [1.82, 2.24) is 25.3 Å². The molecule has 9 heteroatoms. The van der Waals surface area contributed by atoms with Gasteiger partial charge in [-0.3, -0.25) is 0 Å². The smallest absolute Gasteiger partial charge is 0.368 e. The number of anilines is 1. The molecule has 0 radical (unpaired) electrons. The van der Waals surface area contributed by atoms with Crippen molar-refractivity contribution >= 4 is 27.9 Å². The van der Waals surface area contributed by atoms with Gasteiger partial charge in [-0.15, -0.1) is 0 Å². The van der Waals surface area contributed by atoms with Crippen molar-refractivity contribution in [3.05, 3.63) is 52.8 Å². The van der Waals surface area contributed by atoms with Crippen LogP contribution in [0.3, 0.4) is 0 Å². The van der Waals surface area contributed by atoms with Gasteiger partial charge in [0.2, 0.25) is 5.95 Å². The molecule has 0 amide bonds. The van der Waals surface area contributed by atoms with E-state index < -0.39 is 5.69 Å². The summed E-state index contributed by atoms with van der Waals surface area (Å²) in [5.41, 5.74) is 7.53. The van der Waals surface area contributed by atoms with Gasteiger partial charge in [0, 0.05) is 43.1 Å². The summed E-state index contributed by atoms with van der Waals surface area (Å²) in [6, 6.07) is 7.67. The van der Waals surface area contributed by atoms with E-state index >= 15 is 0 Å². The fourth-order valence-electron chi connectivity index (χ4n) is 3.09. The SMILES string of the molecule is NCC(=CNC1CCOCC1)Nc1ncc2nc(=O)nc3ccccc3c2n1. The second-order valence-electron chi connectivity index (χ2n) is 6.50. The molecule has 144 valence electrons. The zero-order valence-corrected chi connectivity index (χ0v) is 15.3. The van der Waals surface area contributed by atoms with E-state index in [0.717, 1.165) is 37.1 Å². The summed E-state index contributed by atoms with van der Waals surface area (Å²) in [5.74, 6) is 0.378. The topological polar surface area (TPSA) is 128 Å². The highest BCUT2D eigenvalue weighted by Crippen LogP contribution is 2.19. The molecule has 0 spiro atoms. The number of nitrogens with one attached hydrogen (secondary N) is 2. The normalized spacial score (nSPS) is 15.7. The van der Waals surface area contributed by atoms with Gasteiger partial charge in [-0.25, -0.2) is 14.8 Å². The first-order valence-electron chi connectivity index (χ1n) is 9.17. The van der Waals surface area contributed by atoms with Crippen molar-refractivity contribution < 1.29 is 4.74 Å². The van der Waals surface area contributed by atoms with Crippen LogP contribution < -0.4 is 22.1 Å². The number of hydrogen-bond acceptors (Lipinski definition) is 9. The van der Waals surface area contributed by atoms with Gasteiger partial charge in [0.1, 0.15) is 11.0 Å². The van der Waals surface area contributed by atoms with Crippen LogP contribution in [-0.2, 0) is 4.74 Å². The lowest BCUT2D eigenvalue weighted by atomic mass is 10.1. The Hall–Kier alpha value is -3.17. The molecule has 4 rings (SSSR count). The molecular weight excluding hydrogens is 358 g/mol. The minimum absolute atomic E-state index is 0.297. The summed E-state index contributed by atoms with van der Waals surface area (Å²) in [7, 11) is 0. The second kappa shape index (κ2) is 8.24. The quantitative estimate of drug-likeness (QED) is 0.592. The van der Waals surface area contributed by atoms with Gasteiger partial charge in [0.15, 0.2) is 0 Å². The Balaban J connectivity index is 1.66. The molecule has 0 unspecified atom stereocenters. The van der Waals surface area contributed by atoms with Crippen LogP contribution in [0.4, 0.5) is 5.95 Å². The Bertz CT molecular complexity index is 1080. The number of hydrogen-bond donors (Lipinski definition) is 3. The maximum Gasteiger partial charge on any atom is 0.368 e. The van der Waals surface area contributed by atoms with Crippen molar-refractivity contribution in [2.45, 2.75) is 18.9 Å². The van der Waals surface area contributed by atoms with Gasteiger partial charge < -0.3 is 21.1 Å². The number of nitrogens with two attached hydrogens (primary N) is 1. The highest BCUT2D eigenvalue weighted by Gasteiger charge is 2.12. The standard InChI is InChI=1S/C19H21N7O2/c20-9-13(10-21-12-5-7-28-8-6-12)23-18-22-11-16-17(26-18)14-3-1-2-4-15(14)24-19(27)25-16/h1-4,10-12,21H,5-9,20H2,(H,23,26). The monoisotopic (exact) mass is 379 g/mol. The van der Waals surface area contributed by atoms with Crippen LogP contribution in [0.2, 0.25) is 0 Å². The molecule has 1 aliphatic heterocycles. The average Bonchev–Trinajstić information content (AvgIpc) is 2.87. The summed E-state index contributed by atoms with van der Waals surface area (Å²) in [6.45, 7) is 1.82. The van der Waals surface area contributed by atoms with E-state index in [1.807, 2.05) is 24.4 Å². The zero-order valence-electron chi connectivity index (χ0n) is 15.3. The van der Waals surface area contributed by atoms with Gasteiger partial charge in [0.05, 0.1) is 11.7 Å². The molecule has 0 aliphatic carbocycles. The summed E-state index contributed by atoms with van der Waals surface area (Å²) in [6.07, 6.45) is 5.29. The largest absolute Gasteiger partial charge is 0.387 e. The molecule has 3 aromatic rings. The van der Waals surface area contributed by atoms with E-state index in [1.54, 1.807) is 6.07 Å². The van der Waals surface area contributed by atoms with Gasteiger partial charge in [-0.05, 0) is 18.9 Å². The molecule has 9 nitrogen and oxygen atoms in total. The first-order valence-corrected chi connectivity index (χ1v) is 9.17. The Morgan fingerprint density at radius 1 is 1.18 bits per heavy atom. The number of aromatic nitrogens is 4. The van der Waals surface area contributed by atoms with E-state index in [1.165, 1.54) is 6.20 Å². The molecule has 0 atom stereocenters. The Morgan fingerprint density at radius 3 is 2.79 bits per heavy atom. The molecule has 1 aliphatic rings. The molecule has 0 saturated carbocycles. The van der Waals surface area contributed by atoms with E-state index in [2.05, 4.69) is 30.6 Å². The van der Waals surface area contributed by atoms with E-state index in [9.17, 15) is 4.79 Å². The minimum atomic E-state index is -0.571. The maximum absolute atomic E-state index is 11.9. The van der Waals surface area contributed by atoms with E-state index in [0.29, 0.717) is 35.1 Å². The maximum atomic E-state index is 11.9. The number of rotatable bonds is 5. The van der Waals surface area contributed by atoms with Gasteiger partial charge in [0.25, 0.3) is 0 Å². The van der Waals surface area contributed by atoms with Crippen LogP contribution in [0.25, 0.3) is 21.9 Å². The molecule has 4 N–H and O–H groups in total. The zero-order chi connectivity index (χ0) is 19.3. The van der Waals surface area contributed by atoms with Crippen molar-refractivity contribution in [2.24, 2.45) is 5.73 Å². The summed E-state index contributed by atoms with van der Waals surface area (Å²) < 4.78 is 5.37. The van der Waals surface area contributed by atoms with Gasteiger partial charge in [-0.2, -0.15) is 9.97 Å². The number of ether oxygens (including phenoxy) is 1. The van der Waals surface area contributed by atoms with Crippen LogP contribution in [0.15, 0.2) is 47.2 Å². The second-order valence-corrected chi connectivity index (χ2v) is 6.50. The van der Waals surface area contributed by atoms with Crippen molar-refractivity contribution in [3.63, 3.8) is 0 Å². The van der Waals surface area contributed by atoms with Crippen molar-refractivity contribution in [2.75, 3.05) is 25.1 Å². The van der Waals surface area contributed by atoms with Crippen LogP contribution in [0, 0.1) is 0 Å². The van der Waals surface area contributed by atoms with Crippen LogP contribution in [0.1, 0.15) is 12.8 Å². The fraction of sp³-hybridized carbons (Fsp3) is 0.316. The number of para-hydroxylation sites is 1. The molecule has 1 saturated heterocycles. The first kappa shape index (κ1) is 18.2. The predicted molar refractivity (Wildman–Crippen MR) is 107 cm³/mol. The summed E-state index contributed by atoms with van der Waals surface area (Å²) in [5, 5.41) is 7.24. The Morgan fingerprint density at radius 2 is 1.96 bits per heavy atom. The summed E-state index contributed by atoms with van der Waals surface area (Å²) >= 11 is 0. The van der Waals surface area contributed by atoms with Gasteiger partial charge >= 0.3 is 5.69 Å². The van der Waals surface area contributed by atoms with E-state index in [-0.39, 0.29) is 0 Å². The molecule has 2 aromatic heterocycles.